The maximum absolute atomic E-state index is 9.71. The zero-order chi connectivity index (χ0) is 21.1. The van der Waals surface area contributed by atoms with Crippen LogP contribution in [0.25, 0.3) is 22.2 Å². The van der Waals surface area contributed by atoms with Crippen molar-refractivity contribution in [3.05, 3.63) is 88.9 Å². The number of pyridine rings is 1. The van der Waals surface area contributed by atoms with Gasteiger partial charge in [0.15, 0.2) is 0 Å². The van der Waals surface area contributed by atoms with Crippen molar-refractivity contribution in [2.75, 3.05) is 19.4 Å². The number of aliphatic hydroxyl groups excluding tert-OH is 1. The lowest BCUT2D eigenvalue weighted by Crippen LogP contribution is -2.11. The standard InChI is InChI=1S/C25H24ClN3O/c1-29(2)15-17-10-18(16-30)12-21(11-17)27-25-14-24(19-6-5-7-20(26)13-19)28-23-9-4-3-8-22(23)25/h3-14,30H,15-16H2,1-2H3,(H,27,28). The highest BCUT2D eigenvalue weighted by Gasteiger charge is 2.10. The Morgan fingerprint density at radius 1 is 0.933 bits per heavy atom. The third-order valence-electron chi connectivity index (χ3n) is 4.85. The Hall–Kier alpha value is -2.92. The van der Waals surface area contributed by atoms with Gasteiger partial charge in [0.25, 0.3) is 0 Å². The Kier molecular flexibility index (Phi) is 6.00. The van der Waals surface area contributed by atoms with Gasteiger partial charge in [-0.2, -0.15) is 0 Å². The van der Waals surface area contributed by atoms with E-state index in [4.69, 9.17) is 16.6 Å². The average molecular weight is 418 g/mol. The molecule has 0 amide bonds. The molecule has 0 fully saturated rings. The summed E-state index contributed by atoms with van der Waals surface area (Å²) < 4.78 is 0. The number of aliphatic hydroxyl groups is 1. The van der Waals surface area contributed by atoms with Crippen LogP contribution in [0.5, 0.6) is 0 Å². The lowest BCUT2D eigenvalue weighted by atomic mass is 10.1. The lowest BCUT2D eigenvalue weighted by molar-refractivity contribution is 0.281. The van der Waals surface area contributed by atoms with Gasteiger partial charge in [0.1, 0.15) is 0 Å². The fourth-order valence-corrected chi connectivity index (χ4v) is 3.80. The number of halogens is 1. The summed E-state index contributed by atoms with van der Waals surface area (Å²) in [7, 11) is 4.07. The van der Waals surface area contributed by atoms with E-state index >= 15 is 0 Å². The molecule has 0 aliphatic rings. The second-order valence-corrected chi connectivity index (χ2v) is 8.08. The topological polar surface area (TPSA) is 48.4 Å². The number of hydrogen-bond acceptors (Lipinski definition) is 4. The highest BCUT2D eigenvalue weighted by molar-refractivity contribution is 6.30. The van der Waals surface area contributed by atoms with E-state index in [0.717, 1.165) is 51.2 Å². The molecule has 0 radical (unpaired) electrons. The van der Waals surface area contributed by atoms with Crippen molar-refractivity contribution in [1.29, 1.82) is 0 Å². The van der Waals surface area contributed by atoms with Crippen LogP contribution in [0.2, 0.25) is 5.02 Å². The molecule has 0 saturated heterocycles. The Bertz CT molecular complexity index is 1190. The second kappa shape index (κ2) is 8.84. The van der Waals surface area contributed by atoms with Crippen LogP contribution >= 0.6 is 11.6 Å². The molecule has 0 saturated carbocycles. The van der Waals surface area contributed by atoms with E-state index < -0.39 is 0 Å². The molecule has 2 N–H and O–H groups in total. The first-order valence-electron chi connectivity index (χ1n) is 9.83. The molecule has 1 aromatic heterocycles. The number of benzene rings is 3. The highest BCUT2D eigenvalue weighted by atomic mass is 35.5. The van der Waals surface area contributed by atoms with Gasteiger partial charge in [-0.1, -0.05) is 48.0 Å². The van der Waals surface area contributed by atoms with Crippen molar-refractivity contribution in [3.8, 4) is 11.3 Å². The fourth-order valence-electron chi connectivity index (χ4n) is 3.61. The molecule has 0 atom stereocenters. The van der Waals surface area contributed by atoms with Gasteiger partial charge in [-0.05, 0) is 61.6 Å². The number of aromatic nitrogens is 1. The summed E-state index contributed by atoms with van der Waals surface area (Å²) in [5, 5.41) is 15.0. The number of para-hydroxylation sites is 1. The number of nitrogens with one attached hydrogen (secondary N) is 1. The van der Waals surface area contributed by atoms with E-state index in [2.05, 4.69) is 22.3 Å². The van der Waals surface area contributed by atoms with Crippen LogP contribution in [0.4, 0.5) is 11.4 Å². The SMILES string of the molecule is CN(C)Cc1cc(CO)cc(Nc2cc(-c3cccc(Cl)c3)nc3ccccc23)c1. The zero-order valence-corrected chi connectivity index (χ0v) is 17.8. The summed E-state index contributed by atoms with van der Waals surface area (Å²) in [6, 6.07) is 24.0. The van der Waals surface area contributed by atoms with E-state index in [-0.39, 0.29) is 6.61 Å². The normalized spacial score (nSPS) is 11.2. The van der Waals surface area contributed by atoms with Crippen LogP contribution in [0, 0.1) is 0 Å². The molecular formula is C25H24ClN3O. The van der Waals surface area contributed by atoms with Crippen LogP contribution in [-0.4, -0.2) is 29.1 Å². The maximum atomic E-state index is 9.71. The van der Waals surface area contributed by atoms with Gasteiger partial charge in [-0.3, -0.25) is 0 Å². The third-order valence-corrected chi connectivity index (χ3v) is 5.08. The van der Waals surface area contributed by atoms with E-state index in [0.29, 0.717) is 5.02 Å². The smallest absolute Gasteiger partial charge is 0.0730 e. The number of rotatable bonds is 6. The first kappa shape index (κ1) is 20.4. The van der Waals surface area contributed by atoms with E-state index in [1.807, 2.05) is 74.8 Å². The van der Waals surface area contributed by atoms with Gasteiger partial charge in [0.05, 0.1) is 23.5 Å². The Morgan fingerprint density at radius 3 is 2.50 bits per heavy atom. The van der Waals surface area contributed by atoms with Crippen molar-refractivity contribution < 1.29 is 5.11 Å². The summed E-state index contributed by atoms with van der Waals surface area (Å²) in [4.78, 5) is 6.94. The van der Waals surface area contributed by atoms with E-state index in [9.17, 15) is 5.11 Å². The molecule has 4 aromatic rings. The molecular weight excluding hydrogens is 394 g/mol. The molecule has 0 spiro atoms. The summed E-state index contributed by atoms with van der Waals surface area (Å²) in [5.41, 5.74) is 6.64. The Balaban J connectivity index is 1.80. The minimum atomic E-state index is 0.000800. The highest BCUT2D eigenvalue weighted by Crippen LogP contribution is 2.32. The zero-order valence-electron chi connectivity index (χ0n) is 17.1. The van der Waals surface area contributed by atoms with Gasteiger partial charge in [-0.15, -0.1) is 0 Å². The first-order chi connectivity index (χ1) is 14.5. The second-order valence-electron chi connectivity index (χ2n) is 7.64. The third kappa shape index (κ3) is 4.62. The molecule has 0 unspecified atom stereocenters. The first-order valence-corrected chi connectivity index (χ1v) is 10.2. The van der Waals surface area contributed by atoms with Crippen LogP contribution < -0.4 is 5.32 Å². The van der Waals surface area contributed by atoms with Crippen LogP contribution in [-0.2, 0) is 13.2 Å². The van der Waals surface area contributed by atoms with Crippen molar-refractivity contribution in [2.24, 2.45) is 0 Å². The monoisotopic (exact) mass is 417 g/mol. The number of anilines is 2. The van der Waals surface area contributed by atoms with Crippen LogP contribution in [0.3, 0.4) is 0 Å². The molecule has 4 rings (SSSR count). The van der Waals surface area contributed by atoms with Crippen LogP contribution in [0.1, 0.15) is 11.1 Å². The Labute approximate surface area is 181 Å². The molecule has 152 valence electrons. The van der Waals surface area contributed by atoms with Crippen molar-refractivity contribution >= 4 is 33.9 Å². The van der Waals surface area contributed by atoms with Gasteiger partial charge < -0.3 is 15.3 Å². The Morgan fingerprint density at radius 2 is 1.73 bits per heavy atom. The summed E-state index contributed by atoms with van der Waals surface area (Å²) >= 11 is 6.20. The molecule has 5 heteroatoms. The minimum absolute atomic E-state index is 0.000800. The molecule has 4 nitrogen and oxygen atoms in total. The predicted octanol–water partition coefficient (Wildman–Crippen LogP) is 5.85. The van der Waals surface area contributed by atoms with Crippen molar-refractivity contribution in [3.63, 3.8) is 0 Å². The quantitative estimate of drug-likeness (QED) is 0.413. The largest absolute Gasteiger partial charge is 0.392 e. The molecule has 0 aliphatic heterocycles. The number of hydrogen-bond donors (Lipinski definition) is 2. The molecule has 1 heterocycles. The maximum Gasteiger partial charge on any atom is 0.0730 e. The number of nitrogens with zero attached hydrogens (tertiary/aromatic N) is 2. The summed E-state index contributed by atoms with van der Waals surface area (Å²) in [6.07, 6.45) is 0. The lowest BCUT2D eigenvalue weighted by Gasteiger charge is -2.16. The fraction of sp³-hybridized carbons (Fsp3) is 0.160. The van der Waals surface area contributed by atoms with Crippen LogP contribution in [0.15, 0.2) is 72.8 Å². The van der Waals surface area contributed by atoms with E-state index in [1.54, 1.807) is 0 Å². The van der Waals surface area contributed by atoms with Gasteiger partial charge in [-0.25, -0.2) is 4.98 Å². The number of fused-ring (bicyclic) bond motifs is 1. The summed E-state index contributed by atoms with van der Waals surface area (Å²) in [6.45, 7) is 0.800. The van der Waals surface area contributed by atoms with Crippen molar-refractivity contribution in [1.82, 2.24) is 9.88 Å². The van der Waals surface area contributed by atoms with Crippen molar-refractivity contribution in [2.45, 2.75) is 13.2 Å². The van der Waals surface area contributed by atoms with Gasteiger partial charge in [0.2, 0.25) is 0 Å². The van der Waals surface area contributed by atoms with E-state index in [1.165, 1.54) is 0 Å². The van der Waals surface area contributed by atoms with Gasteiger partial charge in [0, 0.05) is 28.2 Å². The molecule has 0 aliphatic carbocycles. The molecule has 30 heavy (non-hydrogen) atoms. The molecule has 0 bridgehead atoms. The molecule has 3 aromatic carbocycles. The minimum Gasteiger partial charge on any atom is -0.392 e. The predicted molar refractivity (Wildman–Crippen MR) is 125 cm³/mol. The average Bonchev–Trinajstić information content (AvgIpc) is 2.73. The van der Waals surface area contributed by atoms with Gasteiger partial charge >= 0.3 is 0 Å². The summed E-state index contributed by atoms with van der Waals surface area (Å²) in [5.74, 6) is 0.